The second-order valence-electron chi connectivity index (χ2n) is 5.32. The van der Waals surface area contributed by atoms with Gasteiger partial charge in [-0.1, -0.05) is 12.1 Å². The van der Waals surface area contributed by atoms with E-state index in [0.29, 0.717) is 31.7 Å². The van der Waals surface area contributed by atoms with Crippen molar-refractivity contribution in [2.24, 2.45) is 0 Å². The Balaban J connectivity index is 1.62. The summed E-state index contributed by atoms with van der Waals surface area (Å²) in [6.45, 7) is 3.87. The van der Waals surface area contributed by atoms with Crippen molar-refractivity contribution in [2.45, 2.75) is 32.7 Å². The zero-order chi connectivity index (χ0) is 15.5. The Kier molecular flexibility index (Phi) is 3.94. The van der Waals surface area contributed by atoms with Crippen LogP contribution in [0.25, 0.3) is 0 Å². The van der Waals surface area contributed by atoms with Gasteiger partial charge in [-0.05, 0) is 12.8 Å². The van der Waals surface area contributed by atoms with Gasteiger partial charge >= 0.3 is 6.03 Å². The standard InChI is InChI=1S/C13H19N7O2/c1-2-5-20-8-11(16-18-20)14-13(22)19-6-3-9-10(4-7-19)15-17-12(9)21/h8H,2-7H2,1H3,(H,14,22)(H2,15,17,21). The fourth-order valence-electron chi connectivity index (χ4n) is 2.59. The summed E-state index contributed by atoms with van der Waals surface area (Å²) in [4.78, 5) is 25.6. The van der Waals surface area contributed by atoms with E-state index in [-0.39, 0.29) is 11.6 Å². The Morgan fingerprint density at radius 1 is 1.36 bits per heavy atom. The molecule has 2 aromatic heterocycles. The molecule has 9 nitrogen and oxygen atoms in total. The minimum Gasteiger partial charge on any atom is -0.324 e. The van der Waals surface area contributed by atoms with E-state index < -0.39 is 0 Å². The third-order valence-corrected chi connectivity index (χ3v) is 3.74. The SMILES string of the molecule is CCCn1cc(NC(=O)N2CCc3[nH][nH]c(=O)c3CC2)nn1. The molecule has 0 radical (unpaired) electrons. The molecule has 0 aromatic carbocycles. The minimum absolute atomic E-state index is 0.0974. The lowest BCUT2D eigenvalue weighted by Crippen LogP contribution is -2.37. The molecule has 0 bridgehead atoms. The smallest absolute Gasteiger partial charge is 0.323 e. The molecular formula is C13H19N7O2. The van der Waals surface area contributed by atoms with Gasteiger partial charge in [-0.3, -0.25) is 19.9 Å². The van der Waals surface area contributed by atoms with E-state index in [9.17, 15) is 9.59 Å². The molecule has 118 valence electrons. The lowest BCUT2D eigenvalue weighted by molar-refractivity contribution is 0.214. The molecule has 1 aliphatic heterocycles. The highest BCUT2D eigenvalue weighted by atomic mass is 16.2. The molecule has 22 heavy (non-hydrogen) atoms. The molecule has 2 amide bonds. The number of fused-ring (bicyclic) bond motifs is 1. The summed E-state index contributed by atoms with van der Waals surface area (Å²) in [5, 5.41) is 16.1. The van der Waals surface area contributed by atoms with Crippen molar-refractivity contribution in [3.05, 3.63) is 27.8 Å². The Hall–Kier alpha value is -2.58. The molecule has 9 heteroatoms. The van der Waals surface area contributed by atoms with Crippen LogP contribution in [-0.4, -0.2) is 49.2 Å². The zero-order valence-corrected chi connectivity index (χ0v) is 12.4. The van der Waals surface area contributed by atoms with Crippen LogP contribution < -0.4 is 10.9 Å². The number of amides is 2. The first-order valence-electron chi connectivity index (χ1n) is 7.42. The van der Waals surface area contributed by atoms with Crippen LogP contribution in [0.5, 0.6) is 0 Å². The number of rotatable bonds is 3. The van der Waals surface area contributed by atoms with Crippen LogP contribution in [-0.2, 0) is 19.4 Å². The van der Waals surface area contributed by atoms with Crippen LogP contribution >= 0.6 is 0 Å². The van der Waals surface area contributed by atoms with Gasteiger partial charge in [-0.25, -0.2) is 4.79 Å². The lowest BCUT2D eigenvalue weighted by Gasteiger charge is -2.19. The van der Waals surface area contributed by atoms with Gasteiger partial charge in [0, 0.05) is 37.3 Å². The van der Waals surface area contributed by atoms with Gasteiger partial charge in [0.05, 0.1) is 6.20 Å². The molecule has 3 rings (SSSR count). The monoisotopic (exact) mass is 305 g/mol. The second kappa shape index (κ2) is 6.04. The molecule has 3 heterocycles. The average molecular weight is 305 g/mol. The molecule has 2 aromatic rings. The van der Waals surface area contributed by atoms with Gasteiger partial charge in [0.2, 0.25) is 0 Å². The molecule has 0 atom stereocenters. The van der Waals surface area contributed by atoms with Gasteiger partial charge in [0.25, 0.3) is 5.56 Å². The summed E-state index contributed by atoms with van der Waals surface area (Å²) >= 11 is 0. The van der Waals surface area contributed by atoms with Gasteiger partial charge in [-0.15, -0.1) is 5.10 Å². The Bertz CT molecular complexity index is 714. The highest BCUT2D eigenvalue weighted by Crippen LogP contribution is 2.11. The Morgan fingerprint density at radius 2 is 2.18 bits per heavy atom. The van der Waals surface area contributed by atoms with Crippen molar-refractivity contribution >= 4 is 11.8 Å². The van der Waals surface area contributed by atoms with Gasteiger partial charge < -0.3 is 10.00 Å². The van der Waals surface area contributed by atoms with Crippen molar-refractivity contribution in [1.82, 2.24) is 30.1 Å². The maximum Gasteiger partial charge on any atom is 0.323 e. The summed E-state index contributed by atoms with van der Waals surface area (Å²) in [6, 6.07) is -0.217. The van der Waals surface area contributed by atoms with Gasteiger partial charge in [0.1, 0.15) is 0 Å². The number of carbonyl (C=O) groups is 1. The van der Waals surface area contributed by atoms with E-state index in [2.05, 4.69) is 25.8 Å². The maximum absolute atomic E-state index is 12.3. The van der Waals surface area contributed by atoms with Crippen LogP contribution in [0.3, 0.4) is 0 Å². The molecule has 3 N–H and O–H groups in total. The number of H-pyrrole nitrogens is 2. The van der Waals surface area contributed by atoms with E-state index >= 15 is 0 Å². The van der Waals surface area contributed by atoms with Crippen LogP contribution in [0.15, 0.2) is 11.0 Å². The van der Waals surface area contributed by atoms with Crippen molar-refractivity contribution in [3.8, 4) is 0 Å². The largest absolute Gasteiger partial charge is 0.324 e. The van der Waals surface area contributed by atoms with Crippen LogP contribution in [0.1, 0.15) is 24.6 Å². The average Bonchev–Trinajstić information content (AvgIpc) is 3.00. The number of nitrogens with one attached hydrogen (secondary N) is 3. The molecule has 0 spiro atoms. The Morgan fingerprint density at radius 3 is 3.00 bits per heavy atom. The summed E-state index contributed by atoms with van der Waals surface area (Å²) < 4.78 is 1.70. The second-order valence-corrected chi connectivity index (χ2v) is 5.32. The molecule has 0 fully saturated rings. The number of hydrogen-bond donors (Lipinski definition) is 3. The van der Waals surface area contributed by atoms with E-state index in [1.54, 1.807) is 15.8 Å². The normalized spacial score (nSPS) is 14.5. The van der Waals surface area contributed by atoms with Crippen LogP contribution in [0.2, 0.25) is 0 Å². The van der Waals surface area contributed by atoms with E-state index in [1.165, 1.54) is 0 Å². The van der Waals surface area contributed by atoms with Crippen molar-refractivity contribution < 1.29 is 4.79 Å². The highest BCUT2D eigenvalue weighted by molar-refractivity contribution is 5.88. The van der Waals surface area contributed by atoms with Gasteiger partial charge in [-0.2, -0.15) is 0 Å². The third kappa shape index (κ3) is 2.87. The summed E-state index contributed by atoms with van der Waals surface area (Å²) in [5.41, 5.74) is 1.53. The number of hydrogen-bond acceptors (Lipinski definition) is 4. The fourth-order valence-corrected chi connectivity index (χ4v) is 2.59. The molecule has 0 saturated heterocycles. The number of aromatic nitrogens is 5. The summed E-state index contributed by atoms with van der Waals surface area (Å²) in [6.07, 6.45) is 3.84. The topological polar surface area (TPSA) is 112 Å². The number of anilines is 1. The van der Waals surface area contributed by atoms with Crippen LogP contribution in [0.4, 0.5) is 10.6 Å². The number of aryl methyl sites for hydroxylation is 1. The number of carbonyl (C=O) groups excluding carboxylic acids is 1. The molecule has 0 aliphatic carbocycles. The molecule has 1 aliphatic rings. The molecular weight excluding hydrogens is 286 g/mol. The quantitative estimate of drug-likeness (QED) is 0.759. The first kappa shape index (κ1) is 14.4. The fraction of sp³-hybridized carbons (Fsp3) is 0.538. The number of aromatic amines is 2. The zero-order valence-electron chi connectivity index (χ0n) is 12.4. The lowest BCUT2D eigenvalue weighted by atomic mass is 10.2. The molecule has 0 saturated carbocycles. The number of urea groups is 1. The third-order valence-electron chi connectivity index (χ3n) is 3.74. The first-order chi connectivity index (χ1) is 10.7. The predicted octanol–water partition coefficient (Wildman–Crippen LogP) is 0.337. The van der Waals surface area contributed by atoms with Crippen molar-refractivity contribution in [1.29, 1.82) is 0 Å². The summed E-state index contributed by atoms with van der Waals surface area (Å²) in [7, 11) is 0. The van der Waals surface area contributed by atoms with Crippen molar-refractivity contribution in [2.75, 3.05) is 18.4 Å². The van der Waals surface area contributed by atoms with E-state index in [0.717, 1.165) is 24.2 Å². The highest BCUT2D eigenvalue weighted by Gasteiger charge is 2.21. The van der Waals surface area contributed by atoms with Gasteiger partial charge in [0.15, 0.2) is 5.82 Å². The van der Waals surface area contributed by atoms with Crippen molar-refractivity contribution in [3.63, 3.8) is 0 Å². The Labute approximate surface area is 126 Å². The van der Waals surface area contributed by atoms with E-state index in [4.69, 9.17) is 0 Å². The number of nitrogens with zero attached hydrogens (tertiary/aromatic N) is 4. The van der Waals surface area contributed by atoms with Crippen LogP contribution in [0, 0.1) is 0 Å². The van der Waals surface area contributed by atoms with E-state index in [1.807, 2.05) is 6.92 Å². The minimum atomic E-state index is -0.217. The summed E-state index contributed by atoms with van der Waals surface area (Å²) in [5.74, 6) is 0.444. The molecule has 0 unspecified atom stereocenters. The predicted molar refractivity (Wildman–Crippen MR) is 79.7 cm³/mol. The first-order valence-corrected chi connectivity index (χ1v) is 7.42. The maximum atomic E-state index is 12.3.